The van der Waals surface area contributed by atoms with E-state index in [9.17, 15) is 13.7 Å². The predicted molar refractivity (Wildman–Crippen MR) is 99.5 cm³/mol. The first-order valence-electron chi connectivity index (χ1n) is 6.87. The highest BCUT2D eigenvalue weighted by atomic mass is 79.9. The van der Waals surface area contributed by atoms with Crippen molar-refractivity contribution >= 4 is 43.4 Å². The van der Waals surface area contributed by atoms with Crippen molar-refractivity contribution in [1.29, 1.82) is 5.26 Å². The first-order chi connectivity index (χ1) is 11.8. The van der Waals surface area contributed by atoms with E-state index < -0.39 is 14.7 Å². The highest BCUT2D eigenvalue weighted by Crippen LogP contribution is 2.37. The van der Waals surface area contributed by atoms with E-state index in [1.165, 1.54) is 44.6 Å². The Morgan fingerprint density at radius 1 is 1.20 bits per heavy atom. The van der Waals surface area contributed by atoms with E-state index in [-0.39, 0.29) is 4.90 Å². The Hall–Kier alpha value is -2.01. The van der Waals surface area contributed by atoms with Crippen LogP contribution in [0.15, 0.2) is 50.7 Å². The van der Waals surface area contributed by atoms with Crippen LogP contribution < -0.4 is 9.47 Å². The molecule has 0 unspecified atom stereocenters. The third-order valence-electron chi connectivity index (χ3n) is 3.28. The van der Waals surface area contributed by atoms with Crippen LogP contribution in [0, 0.1) is 11.3 Å². The van der Waals surface area contributed by atoms with Gasteiger partial charge in [0.25, 0.3) is 0 Å². The zero-order valence-electron chi connectivity index (χ0n) is 13.3. The van der Waals surface area contributed by atoms with Crippen LogP contribution >= 0.6 is 27.5 Å². The number of ether oxygens (including phenoxy) is 2. The minimum absolute atomic E-state index is 0.00996. The lowest BCUT2D eigenvalue weighted by Crippen LogP contribution is -2.03. The quantitative estimate of drug-likeness (QED) is 0.639. The molecule has 0 aliphatic rings. The summed E-state index contributed by atoms with van der Waals surface area (Å²) in [6.45, 7) is 0. The van der Waals surface area contributed by atoms with Crippen molar-refractivity contribution < 1.29 is 17.9 Å². The van der Waals surface area contributed by atoms with E-state index in [0.29, 0.717) is 26.6 Å². The second-order valence-corrected chi connectivity index (χ2v) is 8.02. The monoisotopic (exact) mass is 441 g/mol. The number of halogens is 2. The third kappa shape index (κ3) is 4.15. The van der Waals surface area contributed by atoms with Crippen molar-refractivity contribution in [2.45, 2.75) is 4.90 Å². The predicted octanol–water partition coefficient (Wildman–Crippen LogP) is 4.46. The van der Waals surface area contributed by atoms with Gasteiger partial charge in [0.2, 0.25) is 9.84 Å². The van der Waals surface area contributed by atoms with Gasteiger partial charge in [0.1, 0.15) is 11.0 Å². The Morgan fingerprint density at radius 2 is 1.84 bits per heavy atom. The number of sulfone groups is 1. The zero-order chi connectivity index (χ0) is 18.6. The first kappa shape index (κ1) is 19.3. The van der Waals surface area contributed by atoms with Crippen LogP contribution in [-0.2, 0) is 9.84 Å². The number of hydrogen-bond donors (Lipinski definition) is 0. The molecular formula is C17H13BrClNO4S. The molecule has 0 saturated carbocycles. The summed E-state index contributed by atoms with van der Waals surface area (Å²) < 4.78 is 36.3. The average molecular weight is 443 g/mol. The Labute approximate surface area is 159 Å². The van der Waals surface area contributed by atoms with Crippen LogP contribution in [-0.4, -0.2) is 22.6 Å². The van der Waals surface area contributed by atoms with Gasteiger partial charge in [-0.05, 0) is 64.0 Å². The average Bonchev–Trinajstić information content (AvgIpc) is 2.59. The van der Waals surface area contributed by atoms with Gasteiger partial charge in [-0.25, -0.2) is 8.42 Å². The van der Waals surface area contributed by atoms with E-state index in [1.54, 1.807) is 18.2 Å². The minimum atomic E-state index is -3.96. The second kappa shape index (κ2) is 7.91. The molecule has 130 valence electrons. The van der Waals surface area contributed by atoms with Crippen molar-refractivity contribution in [3.8, 4) is 17.6 Å². The SMILES string of the molecule is COc1cc(/C=C(/C#N)S(=O)(=O)c2ccc(Cl)cc2)cc(Br)c1OC. The maximum absolute atomic E-state index is 12.6. The lowest BCUT2D eigenvalue weighted by atomic mass is 10.2. The van der Waals surface area contributed by atoms with Crippen molar-refractivity contribution in [3.63, 3.8) is 0 Å². The van der Waals surface area contributed by atoms with Gasteiger partial charge in [0.05, 0.1) is 23.6 Å². The molecule has 0 bridgehead atoms. The number of rotatable bonds is 5. The van der Waals surface area contributed by atoms with Crippen molar-refractivity contribution in [3.05, 3.63) is 56.4 Å². The molecule has 0 aliphatic heterocycles. The van der Waals surface area contributed by atoms with Gasteiger partial charge in [-0.15, -0.1) is 0 Å². The van der Waals surface area contributed by atoms with Gasteiger partial charge in [0, 0.05) is 5.02 Å². The number of methoxy groups -OCH3 is 2. The molecule has 8 heteroatoms. The van der Waals surface area contributed by atoms with Gasteiger partial charge in [-0.1, -0.05) is 11.6 Å². The minimum Gasteiger partial charge on any atom is -0.493 e. The molecule has 0 saturated heterocycles. The Balaban J connectivity index is 2.56. The molecule has 0 N–H and O–H groups in total. The third-order valence-corrected chi connectivity index (χ3v) is 5.80. The smallest absolute Gasteiger partial charge is 0.216 e. The molecule has 0 radical (unpaired) electrons. The molecule has 0 spiro atoms. The summed E-state index contributed by atoms with van der Waals surface area (Å²) in [6, 6.07) is 10.6. The fourth-order valence-corrected chi connectivity index (χ4v) is 3.99. The van der Waals surface area contributed by atoms with Gasteiger partial charge in [-0.2, -0.15) is 5.26 Å². The standard InChI is InChI=1S/C17H13BrClNO4S/c1-23-16-9-11(8-15(18)17(16)24-2)7-14(10-20)25(21,22)13-5-3-12(19)4-6-13/h3-9H,1-2H3/b14-7-. The number of nitrogens with zero attached hydrogens (tertiary/aromatic N) is 1. The molecule has 0 aliphatic carbocycles. The van der Waals surface area contributed by atoms with Crippen molar-refractivity contribution in [1.82, 2.24) is 0 Å². The molecule has 2 aromatic rings. The maximum Gasteiger partial charge on any atom is 0.216 e. The summed E-state index contributed by atoms with van der Waals surface area (Å²) in [6.07, 6.45) is 1.27. The highest BCUT2D eigenvalue weighted by Gasteiger charge is 2.21. The van der Waals surface area contributed by atoms with Crippen molar-refractivity contribution in [2.75, 3.05) is 14.2 Å². The Bertz CT molecular complexity index is 963. The lowest BCUT2D eigenvalue weighted by Gasteiger charge is -2.11. The second-order valence-electron chi connectivity index (χ2n) is 4.82. The molecular weight excluding hydrogens is 430 g/mol. The van der Waals surface area contributed by atoms with Crippen molar-refractivity contribution in [2.24, 2.45) is 0 Å². The summed E-state index contributed by atoms with van der Waals surface area (Å²) in [4.78, 5) is -0.404. The van der Waals surface area contributed by atoms with Crippen LogP contribution in [0.25, 0.3) is 6.08 Å². The number of hydrogen-bond acceptors (Lipinski definition) is 5. The van der Waals surface area contributed by atoms with Crippen LogP contribution in [0.4, 0.5) is 0 Å². The molecule has 2 rings (SSSR count). The molecule has 2 aromatic carbocycles. The van der Waals surface area contributed by atoms with E-state index in [1.807, 2.05) is 0 Å². The van der Waals surface area contributed by atoms with Crippen LogP contribution in [0.1, 0.15) is 5.56 Å². The van der Waals surface area contributed by atoms with E-state index in [0.717, 1.165) is 0 Å². The van der Waals surface area contributed by atoms with Gasteiger partial charge < -0.3 is 9.47 Å². The molecule has 0 fully saturated rings. The maximum atomic E-state index is 12.6. The fraction of sp³-hybridized carbons (Fsp3) is 0.118. The number of benzene rings is 2. The molecule has 0 atom stereocenters. The van der Waals surface area contributed by atoms with E-state index in [4.69, 9.17) is 21.1 Å². The summed E-state index contributed by atoms with van der Waals surface area (Å²) in [7, 11) is -1.00. The molecule has 5 nitrogen and oxygen atoms in total. The zero-order valence-corrected chi connectivity index (χ0v) is 16.4. The largest absolute Gasteiger partial charge is 0.493 e. The normalized spacial score (nSPS) is 11.7. The topological polar surface area (TPSA) is 76.4 Å². The fourth-order valence-electron chi connectivity index (χ4n) is 2.08. The molecule has 0 aromatic heterocycles. The highest BCUT2D eigenvalue weighted by molar-refractivity contribution is 9.10. The first-order valence-corrected chi connectivity index (χ1v) is 9.53. The molecule has 0 heterocycles. The number of allylic oxidation sites excluding steroid dienone is 1. The van der Waals surface area contributed by atoms with E-state index in [2.05, 4.69) is 15.9 Å². The lowest BCUT2D eigenvalue weighted by molar-refractivity contribution is 0.353. The van der Waals surface area contributed by atoms with Gasteiger partial charge in [-0.3, -0.25) is 0 Å². The summed E-state index contributed by atoms with van der Waals surface area (Å²) in [5, 5.41) is 9.75. The van der Waals surface area contributed by atoms with Crippen LogP contribution in [0.3, 0.4) is 0 Å². The molecule has 25 heavy (non-hydrogen) atoms. The van der Waals surface area contributed by atoms with Crippen LogP contribution in [0.5, 0.6) is 11.5 Å². The summed E-state index contributed by atoms with van der Waals surface area (Å²) in [5.74, 6) is 0.878. The van der Waals surface area contributed by atoms with Crippen LogP contribution in [0.2, 0.25) is 5.02 Å². The van der Waals surface area contributed by atoms with Gasteiger partial charge >= 0.3 is 0 Å². The van der Waals surface area contributed by atoms with E-state index >= 15 is 0 Å². The Kier molecular flexibility index (Phi) is 6.11. The number of nitriles is 1. The Morgan fingerprint density at radius 3 is 2.36 bits per heavy atom. The summed E-state index contributed by atoms with van der Waals surface area (Å²) >= 11 is 9.11. The van der Waals surface area contributed by atoms with Gasteiger partial charge in [0.15, 0.2) is 11.5 Å². The summed E-state index contributed by atoms with van der Waals surface area (Å²) in [5.41, 5.74) is 0.471. The molecule has 0 amide bonds.